The fraction of sp³-hybridized carbons (Fsp3) is 0.333. The van der Waals surface area contributed by atoms with E-state index in [9.17, 15) is 4.79 Å². The second kappa shape index (κ2) is 11.4. The highest BCUT2D eigenvalue weighted by molar-refractivity contribution is 7.80. The number of aromatic nitrogens is 2. The maximum Gasteiger partial charge on any atom is 0.323 e. The van der Waals surface area contributed by atoms with E-state index in [4.69, 9.17) is 29.0 Å². The smallest absolute Gasteiger partial charge is 0.323 e. The minimum absolute atomic E-state index is 0.0632. The first-order valence-corrected chi connectivity index (χ1v) is 11.2. The molecule has 0 saturated carbocycles. The number of hydrogen-bond acceptors (Lipinski definition) is 5. The number of nitrogens with zero attached hydrogens (tertiary/aromatic N) is 2. The summed E-state index contributed by atoms with van der Waals surface area (Å²) in [6, 6.07) is 17.4. The molecule has 0 radical (unpaired) electrons. The Morgan fingerprint density at radius 2 is 1.87 bits per heavy atom. The Morgan fingerprint density at radius 3 is 2.55 bits per heavy atom. The summed E-state index contributed by atoms with van der Waals surface area (Å²) < 4.78 is 7.13. The van der Waals surface area contributed by atoms with Crippen LogP contribution in [-0.4, -0.2) is 33.9 Å². The van der Waals surface area contributed by atoms with Crippen LogP contribution in [0.5, 0.6) is 0 Å². The van der Waals surface area contributed by atoms with E-state index in [1.165, 1.54) is 7.11 Å². The number of imidazole rings is 1. The van der Waals surface area contributed by atoms with E-state index in [1.807, 2.05) is 67.1 Å². The van der Waals surface area contributed by atoms with Gasteiger partial charge in [0.15, 0.2) is 0 Å². The highest BCUT2D eigenvalue weighted by atomic mass is 35.5. The second-order valence-electron chi connectivity index (χ2n) is 7.54. The number of esters is 1. The summed E-state index contributed by atoms with van der Waals surface area (Å²) >= 11 is 11.1. The van der Waals surface area contributed by atoms with E-state index in [2.05, 4.69) is 21.8 Å². The lowest BCUT2D eigenvalue weighted by Gasteiger charge is -2.25. The lowest BCUT2D eigenvalue weighted by molar-refractivity contribution is -0.143. The van der Waals surface area contributed by atoms with Crippen LogP contribution in [0.4, 0.5) is 0 Å². The largest absolute Gasteiger partial charge is 0.468 e. The van der Waals surface area contributed by atoms with Crippen molar-refractivity contribution in [2.24, 2.45) is 0 Å². The van der Waals surface area contributed by atoms with Gasteiger partial charge in [0.05, 0.1) is 25.2 Å². The summed E-state index contributed by atoms with van der Waals surface area (Å²) in [5.41, 5.74) is 3.11. The molecule has 1 aromatic heterocycles. The van der Waals surface area contributed by atoms with Gasteiger partial charge in [0.1, 0.15) is 6.04 Å². The number of methoxy groups -OCH3 is 1. The fourth-order valence-corrected chi connectivity index (χ4v) is 4.08. The van der Waals surface area contributed by atoms with Gasteiger partial charge >= 0.3 is 5.97 Å². The minimum Gasteiger partial charge on any atom is -0.468 e. The van der Waals surface area contributed by atoms with Crippen LogP contribution < -0.4 is 5.32 Å². The molecular formula is C24H28ClN3O2S. The third kappa shape index (κ3) is 6.35. The van der Waals surface area contributed by atoms with Gasteiger partial charge in [0, 0.05) is 23.0 Å². The van der Waals surface area contributed by atoms with E-state index in [-0.39, 0.29) is 17.3 Å². The van der Waals surface area contributed by atoms with Crippen LogP contribution in [0.25, 0.3) is 0 Å². The number of rotatable bonds is 10. The molecule has 2 unspecified atom stereocenters. The number of ether oxygens (including phenoxy) is 1. The van der Waals surface area contributed by atoms with Crippen molar-refractivity contribution in [2.75, 3.05) is 7.11 Å². The number of benzene rings is 2. The van der Waals surface area contributed by atoms with Crippen molar-refractivity contribution in [3.8, 4) is 0 Å². The van der Waals surface area contributed by atoms with Crippen LogP contribution in [0.15, 0.2) is 67.1 Å². The molecule has 3 aromatic rings. The lowest BCUT2D eigenvalue weighted by atomic mass is 10.0. The zero-order chi connectivity index (χ0) is 22.2. The number of carbonyl (C=O) groups is 1. The molecule has 0 bridgehead atoms. The number of halogens is 1. The van der Waals surface area contributed by atoms with Gasteiger partial charge in [-0.25, -0.2) is 4.98 Å². The first-order chi connectivity index (χ1) is 15.0. The lowest BCUT2D eigenvalue weighted by Crippen LogP contribution is -2.39. The van der Waals surface area contributed by atoms with Gasteiger partial charge in [-0.15, -0.1) is 0 Å². The van der Waals surface area contributed by atoms with Crippen molar-refractivity contribution >= 4 is 30.2 Å². The first kappa shape index (κ1) is 23.4. The summed E-state index contributed by atoms with van der Waals surface area (Å²) in [6.45, 7) is 2.54. The number of carbonyl (C=O) groups excluding carboxylic acids is 1. The highest BCUT2D eigenvalue weighted by Crippen LogP contribution is 2.27. The molecule has 1 heterocycles. The Bertz CT molecular complexity index is 978. The fourth-order valence-electron chi connectivity index (χ4n) is 3.62. The van der Waals surface area contributed by atoms with Crippen molar-refractivity contribution < 1.29 is 9.53 Å². The normalized spacial score (nSPS) is 14.1. The number of nitrogens with one attached hydrogen (secondary N) is 1. The molecule has 0 aliphatic heterocycles. The van der Waals surface area contributed by atoms with E-state index < -0.39 is 6.04 Å². The van der Waals surface area contributed by atoms with Crippen molar-refractivity contribution in [3.63, 3.8) is 0 Å². The van der Waals surface area contributed by atoms with Crippen LogP contribution in [0.1, 0.15) is 29.8 Å². The van der Waals surface area contributed by atoms with Gasteiger partial charge in [-0.2, -0.15) is 12.6 Å². The van der Waals surface area contributed by atoms with Gasteiger partial charge in [-0.3, -0.25) is 10.1 Å². The molecular weight excluding hydrogens is 430 g/mol. The van der Waals surface area contributed by atoms with Gasteiger partial charge < -0.3 is 9.30 Å². The molecule has 164 valence electrons. The molecule has 3 rings (SSSR count). The molecule has 0 spiro atoms. The van der Waals surface area contributed by atoms with E-state index >= 15 is 0 Å². The third-order valence-electron chi connectivity index (χ3n) is 5.35. The minimum atomic E-state index is -0.453. The standard InChI is InChI=1S/C24H28ClN3O2S/c1-17(31)23(13-19-10-6-7-11-21(19)25)28-16-26-14-20(28)15-27-22(24(29)30-2)12-18-8-4-3-5-9-18/h3-11,14,16-17,22-23,27,31H,12-13,15H2,1-2H3/t17?,22-,23?/m0/s1. The number of hydrogen-bond donors (Lipinski definition) is 2. The summed E-state index contributed by atoms with van der Waals surface area (Å²) in [6.07, 6.45) is 4.92. The van der Waals surface area contributed by atoms with Crippen molar-refractivity contribution in [1.29, 1.82) is 0 Å². The van der Waals surface area contributed by atoms with Gasteiger partial charge in [0.2, 0.25) is 0 Å². The summed E-state index contributed by atoms with van der Waals surface area (Å²) in [7, 11) is 1.41. The first-order valence-electron chi connectivity index (χ1n) is 10.3. The van der Waals surface area contributed by atoms with Crippen molar-refractivity contribution in [3.05, 3.63) is 89.0 Å². The predicted octanol–water partition coefficient (Wildman–Crippen LogP) is 4.51. The molecule has 2 aromatic carbocycles. The topological polar surface area (TPSA) is 56.1 Å². The van der Waals surface area contributed by atoms with Gasteiger partial charge in [-0.05, 0) is 30.0 Å². The van der Waals surface area contributed by atoms with Crippen LogP contribution in [0, 0.1) is 0 Å². The van der Waals surface area contributed by atoms with Crippen molar-refractivity contribution in [1.82, 2.24) is 14.9 Å². The molecule has 7 heteroatoms. The monoisotopic (exact) mass is 457 g/mol. The summed E-state index contributed by atoms with van der Waals surface area (Å²) in [5.74, 6) is -0.287. The molecule has 3 atom stereocenters. The van der Waals surface area contributed by atoms with E-state index in [0.29, 0.717) is 13.0 Å². The van der Waals surface area contributed by atoms with E-state index in [0.717, 1.165) is 28.3 Å². The second-order valence-corrected chi connectivity index (χ2v) is 8.76. The Labute approximate surface area is 194 Å². The maximum atomic E-state index is 12.3. The molecule has 0 amide bonds. The quantitative estimate of drug-likeness (QED) is 0.347. The van der Waals surface area contributed by atoms with Gasteiger partial charge in [0.25, 0.3) is 0 Å². The average molecular weight is 458 g/mol. The summed E-state index contributed by atoms with van der Waals surface area (Å²) in [4.78, 5) is 16.7. The Hall–Kier alpha value is -2.28. The van der Waals surface area contributed by atoms with Crippen LogP contribution in [0.3, 0.4) is 0 Å². The molecule has 31 heavy (non-hydrogen) atoms. The SMILES string of the molecule is COC(=O)[C@H](Cc1ccccc1)NCc1cncn1C(Cc1ccccc1Cl)C(C)S. The Kier molecular flexibility index (Phi) is 8.58. The zero-order valence-electron chi connectivity index (χ0n) is 17.7. The molecule has 0 fully saturated rings. The van der Waals surface area contributed by atoms with Gasteiger partial charge in [-0.1, -0.05) is 67.1 Å². The van der Waals surface area contributed by atoms with Crippen molar-refractivity contribution in [2.45, 2.75) is 43.6 Å². The number of thiol groups is 1. The summed E-state index contributed by atoms with van der Waals surface area (Å²) in [5, 5.41) is 4.16. The zero-order valence-corrected chi connectivity index (χ0v) is 19.4. The molecule has 0 aliphatic carbocycles. The third-order valence-corrected chi connectivity index (χ3v) is 6.06. The molecule has 0 aliphatic rings. The molecule has 0 saturated heterocycles. The Morgan fingerprint density at radius 1 is 1.16 bits per heavy atom. The van der Waals surface area contributed by atoms with Crippen LogP contribution >= 0.6 is 24.2 Å². The predicted molar refractivity (Wildman–Crippen MR) is 128 cm³/mol. The van der Waals surface area contributed by atoms with Crippen LogP contribution in [0.2, 0.25) is 5.02 Å². The molecule has 5 nitrogen and oxygen atoms in total. The van der Waals surface area contributed by atoms with E-state index in [1.54, 1.807) is 0 Å². The maximum absolute atomic E-state index is 12.3. The van der Waals surface area contributed by atoms with Crippen LogP contribution in [-0.2, 0) is 28.9 Å². The average Bonchev–Trinajstić information content (AvgIpc) is 3.24. The molecule has 1 N–H and O–H groups in total. The highest BCUT2D eigenvalue weighted by Gasteiger charge is 2.23. The Balaban J connectivity index is 1.75.